The first-order chi connectivity index (χ1) is 11.7. The van der Waals surface area contributed by atoms with E-state index in [-0.39, 0.29) is 5.82 Å². The van der Waals surface area contributed by atoms with Gasteiger partial charge in [0, 0.05) is 10.9 Å². The van der Waals surface area contributed by atoms with Crippen molar-refractivity contribution in [2.24, 2.45) is 10.1 Å². The predicted molar refractivity (Wildman–Crippen MR) is 100 cm³/mol. The van der Waals surface area contributed by atoms with Gasteiger partial charge in [-0.15, -0.1) is 29.3 Å². The number of hydrogen-bond donors (Lipinski definition) is 0. The molecule has 0 fully saturated rings. The van der Waals surface area contributed by atoms with Crippen molar-refractivity contribution in [3.63, 3.8) is 0 Å². The molecular weight excluding hydrogens is 341 g/mol. The lowest BCUT2D eigenvalue weighted by Gasteiger charge is -2.06. The quantitative estimate of drug-likeness (QED) is 0.465. The first-order valence-electron chi connectivity index (χ1n) is 7.37. The van der Waals surface area contributed by atoms with E-state index < -0.39 is 0 Å². The van der Waals surface area contributed by atoms with E-state index >= 15 is 0 Å². The molecule has 0 aliphatic heterocycles. The minimum absolute atomic E-state index is 0.275. The van der Waals surface area contributed by atoms with Crippen LogP contribution in [0, 0.1) is 5.82 Å². The third-order valence-electron chi connectivity index (χ3n) is 3.32. The molecule has 0 spiro atoms. The molecule has 0 saturated heterocycles. The molecule has 1 aromatic carbocycles. The van der Waals surface area contributed by atoms with Gasteiger partial charge in [0.2, 0.25) is 4.80 Å². The van der Waals surface area contributed by atoms with Crippen molar-refractivity contribution in [2.75, 3.05) is 6.54 Å². The summed E-state index contributed by atoms with van der Waals surface area (Å²) in [7, 11) is 0. The molecule has 2 aromatic heterocycles. The molecule has 0 bridgehead atoms. The highest BCUT2D eigenvalue weighted by atomic mass is 32.1. The van der Waals surface area contributed by atoms with E-state index in [2.05, 4.69) is 11.6 Å². The van der Waals surface area contributed by atoms with Crippen LogP contribution in [0.2, 0.25) is 0 Å². The largest absolute Gasteiger partial charge is 0.253 e. The summed E-state index contributed by atoms with van der Waals surface area (Å²) >= 11 is 3.06. The molecule has 0 amide bonds. The minimum Gasteiger partial charge on any atom is -0.253 e. The summed E-state index contributed by atoms with van der Waals surface area (Å²) in [6, 6.07) is 10.7. The van der Waals surface area contributed by atoms with Crippen molar-refractivity contribution in [1.29, 1.82) is 0 Å². The Morgan fingerprint density at radius 3 is 2.79 bits per heavy atom. The van der Waals surface area contributed by atoms with E-state index in [0.717, 1.165) is 10.6 Å². The molecular formula is C18H16FN3S2. The second kappa shape index (κ2) is 7.51. The Kier molecular flexibility index (Phi) is 5.17. The second-order valence-corrected chi connectivity index (χ2v) is 6.77. The molecule has 3 nitrogen and oxygen atoms in total. The van der Waals surface area contributed by atoms with Gasteiger partial charge in [-0.25, -0.2) is 9.07 Å². The molecule has 0 unspecified atom stereocenters. The summed E-state index contributed by atoms with van der Waals surface area (Å²) in [6.45, 7) is 6.13. The van der Waals surface area contributed by atoms with Gasteiger partial charge in [-0.2, -0.15) is 5.10 Å². The van der Waals surface area contributed by atoms with Crippen LogP contribution in [0.25, 0.3) is 11.3 Å². The monoisotopic (exact) mass is 357 g/mol. The number of thiophene rings is 1. The highest BCUT2D eigenvalue weighted by molar-refractivity contribution is 7.12. The Morgan fingerprint density at radius 1 is 1.25 bits per heavy atom. The maximum absolute atomic E-state index is 14.2. The molecule has 6 heteroatoms. The Labute approximate surface area is 147 Å². The molecule has 3 aromatic rings. The highest BCUT2D eigenvalue weighted by Gasteiger charge is 2.12. The third kappa shape index (κ3) is 3.44. The number of benzene rings is 1. The fourth-order valence-electron chi connectivity index (χ4n) is 2.19. The smallest absolute Gasteiger partial charge is 0.206 e. The van der Waals surface area contributed by atoms with E-state index in [1.807, 2.05) is 35.9 Å². The topological polar surface area (TPSA) is 29.6 Å². The molecule has 3 rings (SSSR count). The Morgan fingerprint density at radius 2 is 2.08 bits per heavy atom. The number of aromatic nitrogens is 1. The Balaban J connectivity index is 2.18. The zero-order valence-corrected chi connectivity index (χ0v) is 14.8. The average Bonchev–Trinajstić information content (AvgIpc) is 3.24. The van der Waals surface area contributed by atoms with Crippen molar-refractivity contribution >= 4 is 28.4 Å². The normalized spacial score (nSPS) is 12.6. The first kappa shape index (κ1) is 16.5. The van der Waals surface area contributed by atoms with Gasteiger partial charge in [-0.05, 0) is 30.5 Å². The van der Waals surface area contributed by atoms with Gasteiger partial charge >= 0.3 is 0 Å². The maximum Gasteiger partial charge on any atom is 0.206 e. The Hall–Kier alpha value is -2.31. The number of hydrogen-bond acceptors (Lipinski definition) is 4. The lowest BCUT2D eigenvalue weighted by molar-refractivity contribution is 0.629. The van der Waals surface area contributed by atoms with Crippen molar-refractivity contribution in [2.45, 2.75) is 6.92 Å². The van der Waals surface area contributed by atoms with Crippen LogP contribution in [0.4, 0.5) is 4.39 Å². The van der Waals surface area contributed by atoms with E-state index in [0.29, 0.717) is 22.6 Å². The molecule has 0 N–H and O–H groups in total. The van der Waals surface area contributed by atoms with E-state index in [1.54, 1.807) is 34.2 Å². The van der Waals surface area contributed by atoms with Gasteiger partial charge in [-0.1, -0.05) is 24.3 Å². The lowest BCUT2D eigenvalue weighted by Crippen LogP contribution is -2.14. The van der Waals surface area contributed by atoms with Crippen LogP contribution in [0.1, 0.15) is 11.8 Å². The number of nitrogens with zero attached hydrogens (tertiary/aromatic N) is 3. The van der Waals surface area contributed by atoms with Gasteiger partial charge in [0.05, 0.1) is 22.8 Å². The number of rotatable bonds is 5. The molecule has 0 saturated carbocycles. The van der Waals surface area contributed by atoms with Crippen LogP contribution in [-0.4, -0.2) is 16.9 Å². The van der Waals surface area contributed by atoms with Gasteiger partial charge < -0.3 is 0 Å². The van der Waals surface area contributed by atoms with Crippen molar-refractivity contribution in [3.05, 3.63) is 75.3 Å². The minimum atomic E-state index is -0.275. The fraction of sp³-hybridized carbons (Fsp3) is 0.111. The second-order valence-electron chi connectivity index (χ2n) is 4.99. The maximum atomic E-state index is 14.2. The van der Waals surface area contributed by atoms with Crippen molar-refractivity contribution in [1.82, 2.24) is 4.68 Å². The summed E-state index contributed by atoms with van der Waals surface area (Å²) in [5.41, 5.74) is 2.06. The lowest BCUT2D eigenvalue weighted by atomic mass is 10.1. The number of thiazole rings is 1. The van der Waals surface area contributed by atoms with Gasteiger partial charge in [0.15, 0.2) is 0 Å². The van der Waals surface area contributed by atoms with Crippen LogP contribution in [0.15, 0.2) is 69.9 Å². The van der Waals surface area contributed by atoms with Crippen molar-refractivity contribution < 1.29 is 4.39 Å². The molecule has 0 radical (unpaired) electrons. The van der Waals surface area contributed by atoms with E-state index in [4.69, 9.17) is 5.10 Å². The summed E-state index contributed by atoms with van der Waals surface area (Å²) in [4.78, 5) is 6.26. The van der Waals surface area contributed by atoms with Crippen LogP contribution in [-0.2, 0) is 0 Å². The highest BCUT2D eigenvalue weighted by Crippen LogP contribution is 2.23. The zero-order valence-electron chi connectivity index (χ0n) is 13.1. The van der Waals surface area contributed by atoms with Crippen molar-refractivity contribution in [3.8, 4) is 11.3 Å². The van der Waals surface area contributed by atoms with Gasteiger partial charge in [-0.3, -0.25) is 4.99 Å². The zero-order chi connectivity index (χ0) is 16.9. The van der Waals surface area contributed by atoms with Crippen LogP contribution < -0.4 is 4.80 Å². The molecule has 24 heavy (non-hydrogen) atoms. The van der Waals surface area contributed by atoms with E-state index in [1.165, 1.54) is 17.4 Å². The SMILES string of the molecule is C=CCN=c1scc(-c2ccccc2F)n1N=C(C)c1cccs1. The molecule has 122 valence electrons. The molecule has 0 aliphatic rings. The summed E-state index contributed by atoms with van der Waals surface area (Å²) in [5.74, 6) is -0.275. The fourth-order valence-corrected chi connectivity index (χ4v) is 3.69. The van der Waals surface area contributed by atoms with Crippen LogP contribution >= 0.6 is 22.7 Å². The average molecular weight is 357 g/mol. The Bertz CT molecular complexity index is 933. The third-order valence-corrected chi connectivity index (χ3v) is 5.15. The first-order valence-corrected chi connectivity index (χ1v) is 9.13. The summed E-state index contributed by atoms with van der Waals surface area (Å²) in [5, 5.41) is 8.58. The molecule has 0 aliphatic carbocycles. The number of halogens is 1. The molecule has 0 atom stereocenters. The summed E-state index contributed by atoms with van der Waals surface area (Å²) in [6.07, 6.45) is 1.72. The molecule has 2 heterocycles. The summed E-state index contributed by atoms with van der Waals surface area (Å²) < 4.78 is 15.9. The van der Waals surface area contributed by atoms with Crippen LogP contribution in [0.5, 0.6) is 0 Å². The standard InChI is InChI=1S/C18H16FN3S2/c1-3-10-20-18-22(21-13(2)17-9-6-11-23-17)16(12-24-18)14-7-4-5-8-15(14)19/h3-9,11-12H,1,10H2,2H3. The van der Waals surface area contributed by atoms with E-state index in [9.17, 15) is 4.39 Å². The van der Waals surface area contributed by atoms with Gasteiger partial charge in [0.25, 0.3) is 0 Å². The van der Waals surface area contributed by atoms with Crippen LogP contribution in [0.3, 0.4) is 0 Å². The van der Waals surface area contributed by atoms with Gasteiger partial charge in [0.1, 0.15) is 5.82 Å². The predicted octanol–water partition coefficient (Wildman–Crippen LogP) is 4.78.